The standard InChI is InChI=1S/C43H39N4OSi.Pt/c1-42(2,3)30-22-24-45-41(26-30)49(38-20-11-7-16-34(38)43(4,5)35-17-8-12-21-39(35)49)33-15-13-14-32(28-33)48-40-27-31(23-25-44-40)47-29-46(6)36-18-9-10-19-37(36)47;/h7-26,29H,1-6H3;/q-3;. The molecule has 0 aliphatic carbocycles. The summed E-state index contributed by atoms with van der Waals surface area (Å²) in [7, 11) is -0.951. The summed E-state index contributed by atoms with van der Waals surface area (Å²) in [6.45, 7) is 13.5. The molecule has 0 radical (unpaired) electrons. The minimum Gasteiger partial charge on any atom is -0.504 e. The second kappa shape index (κ2) is 12.7. The second-order valence-corrected chi connectivity index (χ2v) is 18.2. The van der Waals surface area contributed by atoms with Crippen LogP contribution < -0.4 is 35.4 Å². The van der Waals surface area contributed by atoms with Gasteiger partial charge >= 0.3 is 0 Å². The van der Waals surface area contributed by atoms with E-state index in [0.29, 0.717) is 11.6 Å². The number of pyridine rings is 2. The maximum atomic E-state index is 6.53. The molecule has 7 heteroatoms. The molecule has 2 aromatic heterocycles. The molecule has 50 heavy (non-hydrogen) atoms. The van der Waals surface area contributed by atoms with Crippen molar-refractivity contribution in [2.75, 3.05) is 16.8 Å². The number of hydrogen-bond donors (Lipinski definition) is 0. The van der Waals surface area contributed by atoms with Gasteiger partial charge in [0.15, 0.2) is 8.07 Å². The molecule has 254 valence electrons. The van der Waals surface area contributed by atoms with Gasteiger partial charge in [-0.1, -0.05) is 95.3 Å². The molecule has 0 saturated carbocycles. The van der Waals surface area contributed by atoms with Crippen LogP contribution in [-0.4, -0.2) is 25.1 Å². The fourth-order valence-corrected chi connectivity index (χ4v) is 12.9. The monoisotopic (exact) mass is 850 g/mol. The van der Waals surface area contributed by atoms with Crippen LogP contribution in [0.25, 0.3) is 0 Å². The van der Waals surface area contributed by atoms with Crippen molar-refractivity contribution in [2.45, 2.75) is 45.4 Å². The summed E-state index contributed by atoms with van der Waals surface area (Å²) in [6.07, 6.45) is 3.76. The molecule has 0 amide bonds. The average Bonchev–Trinajstić information content (AvgIpc) is 3.45. The zero-order valence-corrected chi connectivity index (χ0v) is 32.4. The van der Waals surface area contributed by atoms with Crippen molar-refractivity contribution in [1.29, 1.82) is 0 Å². The van der Waals surface area contributed by atoms with Crippen LogP contribution in [0.1, 0.15) is 51.3 Å². The first-order valence-corrected chi connectivity index (χ1v) is 18.8. The number of nitrogens with zero attached hydrogens (tertiary/aromatic N) is 4. The zero-order valence-electron chi connectivity index (χ0n) is 29.1. The van der Waals surface area contributed by atoms with Gasteiger partial charge in [-0.15, -0.1) is 12.1 Å². The molecule has 4 heterocycles. The summed E-state index contributed by atoms with van der Waals surface area (Å²) in [5, 5.41) is 4.87. The van der Waals surface area contributed by atoms with E-state index in [1.807, 2.05) is 31.4 Å². The van der Waals surface area contributed by atoms with E-state index in [2.05, 4.69) is 159 Å². The third-order valence-corrected chi connectivity index (χ3v) is 14.8. The average molecular weight is 851 g/mol. The van der Waals surface area contributed by atoms with E-state index in [9.17, 15) is 0 Å². The Balaban J connectivity index is 0.00000392. The Kier molecular flexibility index (Phi) is 8.60. The maximum Gasteiger partial charge on any atom is 0.178 e. The molecule has 2 aliphatic rings. The predicted octanol–water partition coefficient (Wildman–Crippen LogP) is 6.89. The van der Waals surface area contributed by atoms with Gasteiger partial charge in [-0.2, -0.15) is 41.8 Å². The maximum absolute atomic E-state index is 6.53. The predicted molar refractivity (Wildman–Crippen MR) is 202 cm³/mol. The van der Waals surface area contributed by atoms with Crippen LogP contribution in [0.5, 0.6) is 11.6 Å². The van der Waals surface area contributed by atoms with Gasteiger partial charge in [0, 0.05) is 55.1 Å². The summed E-state index contributed by atoms with van der Waals surface area (Å²) >= 11 is 0. The van der Waals surface area contributed by atoms with Crippen LogP contribution >= 0.6 is 0 Å². The Morgan fingerprint density at radius 1 is 0.740 bits per heavy atom. The summed E-state index contributed by atoms with van der Waals surface area (Å²) in [4.78, 5) is 14.0. The van der Waals surface area contributed by atoms with Gasteiger partial charge in [-0.05, 0) is 70.0 Å². The zero-order chi connectivity index (χ0) is 34.0. The third-order valence-electron chi connectivity index (χ3n) is 10.1. The number of para-hydroxylation sites is 2. The van der Waals surface area contributed by atoms with Crippen LogP contribution in [-0.2, 0) is 31.9 Å². The van der Waals surface area contributed by atoms with Crippen LogP contribution in [0.15, 0.2) is 122 Å². The van der Waals surface area contributed by atoms with Crippen molar-refractivity contribution in [3.63, 3.8) is 0 Å². The summed E-state index contributed by atoms with van der Waals surface area (Å²) in [6, 6.07) is 46.2. The largest absolute Gasteiger partial charge is 0.504 e. The van der Waals surface area contributed by atoms with Gasteiger partial charge in [0.05, 0.1) is 0 Å². The minimum atomic E-state index is -3.00. The smallest absolute Gasteiger partial charge is 0.178 e. The van der Waals surface area contributed by atoms with Crippen molar-refractivity contribution < 1.29 is 25.8 Å². The quantitative estimate of drug-likeness (QED) is 0.140. The molecular formula is C43H39N4OPtSi-3. The SMILES string of the molecule is CN1[CH-]N(c2[c-]c(Oc3[c-]c([Si]4(c5cc(C(C)(C)C)ccn5)c5ccccc5C(C)(C)c5ccccc54)ccc3)ncc2)c2ccccc21.[Pt]. The number of rotatable bonds is 5. The first-order valence-electron chi connectivity index (χ1n) is 16.8. The van der Waals surface area contributed by atoms with Crippen molar-refractivity contribution >= 4 is 46.0 Å². The van der Waals surface area contributed by atoms with E-state index in [4.69, 9.17) is 9.72 Å². The Morgan fingerprint density at radius 3 is 2.08 bits per heavy atom. The Morgan fingerprint density at radius 2 is 1.38 bits per heavy atom. The van der Waals surface area contributed by atoms with Gasteiger partial charge < -0.3 is 14.5 Å². The number of benzene rings is 4. The first-order chi connectivity index (χ1) is 23.6. The summed E-state index contributed by atoms with van der Waals surface area (Å²) < 4.78 is 6.53. The molecule has 5 nitrogen and oxygen atoms in total. The van der Waals surface area contributed by atoms with Crippen LogP contribution in [0.4, 0.5) is 17.1 Å². The van der Waals surface area contributed by atoms with Gasteiger partial charge in [0.1, 0.15) is 5.88 Å². The number of anilines is 3. The number of hydrogen-bond acceptors (Lipinski definition) is 5. The van der Waals surface area contributed by atoms with Crippen molar-refractivity contribution in [3.8, 4) is 11.6 Å². The molecular weight excluding hydrogens is 812 g/mol. The van der Waals surface area contributed by atoms with Gasteiger partial charge in [-0.25, -0.2) is 0 Å². The molecule has 0 saturated heterocycles. The first kappa shape index (κ1) is 34.0. The molecule has 4 aromatic carbocycles. The van der Waals surface area contributed by atoms with Gasteiger partial charge in [0.2, 0.25) is 0 Å². The summed E-state index contributed by atoms with van der Waals surface area (Å²) in [5.74, 6) is 0.987. The molecule has 2 aliphatic heterocycles. The number of aromatic nitrogens is 2. The molecule has 0 atom stereocenters. The van der Waals surface area contributed by atoms with Gasteiger partial charge in [-0.3, -0.25) is 9.97 Å². The fourth-order valence-electron chi connectivity index (χ4n) is 7.64. The van der Waals surface area contributed by atoms with E-state index in [1.54, 1.807) is 6.20 Å². The fraction of sp³-hybridized carbons (Fsp3) is 0.186. The van der Waals surface area contributed by atoms with E-state index < -0.39 is 8.07 Å². The Bertz CT molecular complexity index is 2160. The van der Waals surface area contributed by atoms with Crippen molar-refractivity contribution in [3.05, 3.63) is 157 Å². The minimum absolute atomic E-state index is 0. The van der Waals surface area contributed by atoms with Crippen LogP contribution in [0.2, 0.25) is 0 Å². The van der Waals surface area contributed by atoms with Gasteiger partial charge in [0.25, 0.3) is 0 Å². The molecule has 0 unspecified atom stereocenters. The van der Waals surface area contributed by atoms with Crippen molar-refractivity contribution in [1.82, 2.24) is 9.97 Å². The normalized spacial score (nSPS) is 15.4. The number of ether oxygens (including phenoxy) is 1. The van der Waals surface area contributed by atoms with E-state index in [1.165, 1.54) is 27.1 Å². The third kappa shape index (κ3) is 5.41. The van der Waals surface area contributed by atoms with E-state index in [0.717, 1.165) is 27.6 Å². The summed E-state index contributed by atoms with van der Waals surface area (Å²) in [5.41, 5.74) is 6.77. The Hall–Kier alpha value is -4.51. The number of fused-ring (bicyclic) bond motifs is 3. The molecule has 0 spiro atoms. The second-order valence-electron chi connectivity index (χ2n) is 14.5. The van der Waals surface area contributed by atoms with Crippen molar-refractivity contribution in [2.24, 2.45) is 0 Å². The topological polar surface area (TPSA) is 41.5 Å². The van der Waals surface area contributed by atoms with E-state index in [-0.39, 0.29) is 31.9 Å². The molecule has 0 fully saturated rings. The van der Waals surface area contributed by atoms with Crippen LogP contribution in [0, 0.1) is 18.8 Å². The van der Waals surface area contributed by atoms with Crippen LogP contribution in [0.3, 0.4) is 0 Å². The molecule has 0 N–H and O–H groups in total. The molecule has 0 bridgehead atoms. The molecule has 8 rings (SSSR count). The Labute approximate surface area is 311 Å². The van der Waals surface area contributed by atoms with E-state index >= 15 is 0 Å². The molecule has 6 aromatic rings.